The van der Waals surface area contributed by atoms with Gasteiger partial charge in [0.15, 0.2) is 0 Å². The van der Waals surface area contributed by atoms with Crippen molar-refractivity contribution >= 4 is 0 Å². The van der Waals surface area contributed by atoms with Crippen LogP contribution in [0, 0.1) is 5.92 Å². The minimum Gasteiger partial charge on any atom is -0.314 e. The third-order valence-corrected chi connectivity index (χ3v) is 2.63. The molecule has 1 unspecified atom stereocenters. The maximum Gasteiger partial charge on any atom is 0.410 e. The van der Waals surface area contributed by atoms with E-state index in [0.29, 0.717) is 0 Å². The van der Waals surface area contributed by atoms with Gasteiger partial charge in [0.2, 0.25) is 0 Å². The molecular weight excluding hydrogens is 203 g/mol. The molecule has 1 aromatic carbocycles. The maximum absolute atomic E-state index is 12.9. The van der Waals surface area contributed by atoms with E-state index in [0.717, 1.165) is 0 Å². The number of benzene rings is 1. The van der Waals surface area contributed by atoms with Crippen molar-refractivity contribution in [2.45, 2.75) is 25.6 Å². The van der Waals surface area contributed by atoms with Crippen molar-refractivity contribution in [1.29, 1.82) is 0 Å². The molecule has 1 atom stereocenters. The summed E-state index contributed by atoms with van der Waals surface area (Å²) in [6.45, 7) is 2.95. The monoisotopic (exact) mass is 217 g/mol. The zero-order valence-electron chi connectivity index (χ0n) is 8.68. The fourth-order valence-corrected chi connectivity index (χ4v) is 1.54. The highest BCUT2D eigenvalue weighted by molar-refractivity contribution is 5.26. The van der Waals surface area contributed by atoms with Gasteiger partial charge in [-0.25, -0.2) is 0 Å². The zero-order chi connectivity index (χ0) is 11.7. The standard InChI is InChI=1S/C11H14F3N/c1-8(2)10(15,11(12,13)14)9-6-4-3-5-7-9/h3-8H,15H2,1-2H3. The van der Waals surface area contributed by atoms with Crippen LogP contribution in [0.25, 0.3) is 0 Å². The van der Waals surface area contributed by atoms with E-state index in [1.54, 1.807) is 18.2 Å². The molecule has 0 aliphatic carbocycles. The molecule has 1 nitrogen and oxygen atoms in total. The van der Waals surface area contributed by atoms with Crippen LogP contribution in [-0.2, 0) is 5.54 Å². The number of hydrogen-bond acceptors (Lipinski definition) is 1. The van der Waals surface area contributed by atoms with Crippen LogP contribution in [0.15, 0.2) is 30.3 Å². The predicted octanol–water partition coefficient (Wildman–Crippen LogP) is 3.06. The summed E-state index contributed by atoms with van der Waals surface area (Å²) < 4.78 is 38.7. The van der Waals surface area contributed by atoms with E-state index in [1.165, 1.54) is 26.0 Å². The first kappa shape index (κ1) is 12.0. The summed E-state index contributed by atoms with van der Waals surface area (Å²) in [6, 6.07) is 7.61. The number of rotatable bonds is 2. The third-order valence-electron chi connectivity index (χ3n) is 2.63. The number of nitrogens with two attached hydrogens (primary N) is 1. The largest absolute Gasteiger partial charge is 0.410 e. The summed E-state index contributed by atoms with van der Waals surface area (Å²) in [4.78, 5) is 0. The Morgan fingerprint density at radius 2 is 1.53 bits per heavy atom. The number of alkyl halides is 3. The Bertz CT molecular complexity index is 318. The Kier molecular flexibility index (Phi) is 3.09. The van der Waals surface area contributed by atoms with Crippen LogP contribution in [0.2, 0.25) is 0 Å². The van der Waals surface area contributed by atoms with Crippen molar-refractivity contribution in [2.24, 2.45) is 11.7 Å². The molecule has 0 saturated heterocycles. The molecule has 0 radical (unpaired) electrons. The van der Waals surface area contributed by atoms with E-state index in [2.05, 4.69) is 0 Å². The normalized spacial score (nSPS) is 16.5. The van der Waals surface area contributed by atoms with Gasteiger partial charge in [-0.05, 0) is 11.5 Å². The fraction of sp³-hybridized carbons (Fsp3) is 0.455. The van der Waals surface area contributed by atoms with E-state index >= 15 is 0 Å². The van der Waals surface area contributed by atoms with Crippen molar-refractivity contribution in [1.82, 2.24) is 0 Å². The van der Waals surface area contributed by atoms with Crippen molar-refractivity contribution in [3.63, 3.8) is 0 Å². The van der Waals surface area contributed by atoms with Crippen LogP contribution in [0.3, 0.4) is 0 Å². The van der Waals surface area contributed by atoms with Gasteiger partial charge < -0.3 is 5.73 Å². The molecule has 15 heavy (non-hydrogen) atoms. The van der Waals surface area contributed by atoms with Crippen LogP contribution in [0.1, 0.15) is 19.4 Å². The molecule has 0 spiro atoms. The highest BCUT2D eigenvalue weighted by atomic mass is 19.4. The molecule has 0 fully saturated rings. The van der Waals surface area contributed by atoms with Gasteiger partial charge in [-0.3, -0.25) is 0 Å². The fourth-order valence-electron chi connectivity index (χ4n) is 1.54. The average molecular weight is 217 g/mol. The van der Waals surface area contributed by atoms with Gasteiger partial charge in [0, 0.05) is 0 Å². The highest BCUT2D eigenvalue weighted by Crippen LogP contribution is 2.41. The van der Waals surface area contributed by atoms with Crippen molar-refractivity contribution in [3.8, 4) is 0 Å². The van der Waals surface area contributed by atoms with Gasteiger partial charge >= 0.3 is 6.18 Å². The summed E-state index contributed by atoms with van der Waals surface area (Å²) >= 11 is 0. The van der Waals surface area contributed by atoms with E-state index in [1.807, 2.05) is 0 Å². The van der Waals surface area contributed by atoms with Gasteiger partial charge in [-0.2, -0.15) is 13.2 Å². The highest BCUT2D eigenvalue weighted by Gasteiger charge is 2.54. The Hall–Kier alpha value is -1.03. The smallest absolute Gasteiger partial charge is 0.314 e. The average Bonchev–Trinajstić information content (AvgIpc) is 2.16. The molecule has 0 heterocycles. The first-order valence-corrected chi connectivity index (χ1v) is 4.71. The molecule has 0 amide bonds. The number of hydrogen-bond donors (Lipinski definition) is 1. The van der Waals surface area contributed by atoms with Crippen molar-refractivity contribution in [3.05, 3.63) is 35.9 Å². The molecular formula is C11H14F3N. The molecule has 4 heteroatoms. The Morgan fingerprint density at radius 1 is 1.07 bits per heavy atom. The van der Waals surface area contributed by atoms with Crippen LogP contribution in [0.4, 0.5) is 13.2 Å². The predicted molar refractivity (Wildman–Crippen MR) is 53.2 cm³/mol. The Labute approximate surface area is 87.1 Å². The van der Waals surface area contributed by atoms with Crippen LogP contribution < -0.4 is 5.73 Å². The van der Waals surface area contributed by atoms with E-state index in [-0.39, 0.29) is 5.56 Å². The minimum absolute atomic E-state index is 0.104. The molecule has 0 bridgehead atoms. The lowest BCUT2D eigenvalue weighted by atomic mass is 9.80. The molecule has 84 valence electrons. The maximum atomic E-state index is 12.9. The second-order valence-corrected chi connectivity index (χ2v) is 3.89. The number of halogens is 3. The van der Waals surface area contributed by atoms with Gasteiger partial charge in [-0.15, -0.1) is 0 Å². The lowest BCUT2D eigenvalue weighted by molar-refractivity contribution is -0.202. The van der Waals surface area contributed by atoms with Gasteiger partial charge in [0.1, 0.15) is 5.54 Å². The Morgan fingerprint density at radius 3 is 1.87 bits per heavy atom. The van der Waals surface area contributed by atoms with Gasteiger partial charge in [-0.1, -0.05) is 44.2 Å². The van der Waals surface area contributed by atoms with E-state index < -0.39 is 17.6 Å². The molecule has 0 aliphatic rings. The minimum atomic E-state index is -4.44. The second-order valence-electron chi connectivity index (χ2n) is 3.89. The van der Waals surface area contributed by atoms with Gasteiger partial charge in [0.25, 0.3) is 0 Å². The lowest BCUT2D eigenvalue weighted by Gasteiger charge is -2.35. The molecule has 1 rings (SSSR count). The van der Waals surface area contributed by atoms with Crippen LogP contribution >= 0.6 is 0 Å². The summed E-state index contributed by atoms with van der Waals surface area (Å²) in [6.07, 6.45) is -4.44. The quantitative estimate of drug-likeness (QED) is 0.809. The topological polar surface area (TPSA) is 26.0 Å². The first-order chi connectivity index (χ1) is 6.80. The molecule has 0 aliphatic heterocycles. The zero-order valence-corrected chi connectivity index (χ0v) is 8.68. The molecule has 2 N–H and O–H groups in total. The molecule has 1 aromatic rings. The van der Waals surface area contributed by atoms with Gasteiger partial charge in [0.05, 0.1) is 0 Å². The third kappa shape index (κ3) is 2.00. The lowest BCUT2D eigenvalue weighted by Crippen LogP contribution is -2.54. The summed E-state index contributed by atoms with van der Waals surface area (Å²) in [5, 5.41) is 0. The Balaban J connectivity index is 3.26. The van der Waals surface area contributed by atoms with E-state index in [9.17, 15) is 13.2 Å². The summed E-state index contributed by atoms with van der Waals surface area (Å²) in [5.41, 5.74) is 3.35. The van der Waals surface area contributed by atoms with Crippen LogP contribution in [0.5, 0.6) is 0 Å². The molecule has 0 saturated carbocycles. The summed E-state index contributed by atoms with van der Waals surface area (Å²) in [5.74, 6) is -0.708. The second kappa shape index (κ2) is 3.85. The van der Waals surface area contributed by atoms with E-state index in [4.69, 9.17) is 5.73 Å². The molecule has 0 aromatic heterocycles. The SMILES string of the molecule is CC(C)C(N)(c1ccccc1)C(F)(F)F. The van der Waals surface area contributed by atoms with Crippen molar-refractivity contribution in [2.75, 3.05) is 0 Å². The van der Waals surface area contributed by atoms with Crippen LogP contribution in [-0.4, -0.2) is 6.18 Å². The van der Waals surface area contributed by atoms with Crippen molar-refractivity contribution < 1.29 is 13.2 Å². The summed E-state index contributed by atoms with van der Waals surface area (Å²) in [7, 11) is 0. The first-order valence-electron chi connectivity index (χ1n) is 4.71.